The highest BCUT2D eigenvalue weighted by atomic mass is 16.1. The molecule has 2 nitrogen and oxygen atoms in total. The summed E-state index contributed by atoms with van der Waals surface area (Å²) in [5.74, 6) is 5.55. The van der Waals surface area contributed by atoms with Gasteiger partial charge in [-0.1, -0.05) is 36.1 Å². The summed E-state index contributed by atoms with van der Waals surface area (Å²) in [6, 6.07) is 14.3. The summed E-state index contributed by atoms with van der Waals surface area (Å²) in [6.45, 7) is 0. The van der Waals surface area contributed by atoms with Crippen molar-refractivity contribution in [2.45, 2.75) is 0 Å². The van der Waals surface area contributed by atoms with Gasteiger partial charge in [0, 0.05) is 22.3 Å². The molecule has 0 aromatic heterocycles. The Morgan fingerprint density at radius 2 is 1.00 bits per heavy atom. The van der Waals surface area contributed by atoms with Gasteiger partial charge in [-0.25, -0.2) is 0 Å². The van der Waals surface area contributed by atoms with Gasteiger partial charge in [-0.3, -0.25) is 9.59 Å². The minimum absolute atomic E-state index is 0.206. The topological polar surface area (TPSA) is 34.1 Å². The molecule has 3 rings (SSSR count). The standard InChI is InChI=1S/C18H10O2/c19-17-11-12-18(20)16-8-4-2-6-14(16)10-9-13-5-1-3-7-15(13)17/h1-8,11-12H/b12-11+. The van der Waals surface area contributed by atoms with Crippen LogP contribution in [0.1, 0.15) is 31.8 Å². The average Bonchev–Trinajstić information content (AvgIpc) is 2.50. The largest absolute Gasteiger partial charge is 0.289 e. The molecule has 0 amide bonds. The van der Waals surface area contributed by atoms with E-state index in [1.54, 1.807) is 36.4 Å². The van der Waals surface area contributed by atoms with Crippen molar-refractivity contribution in [1.82, 2.24) is 0 Å². The number of benzene rings is 2. The Labute approximate surface area is 116 Å². The molecule has 0 radical (unpaired) electrons. The molecule has 0 atom stereocenters. The predicted molar refractivity (Wildman–Crippen MR) is 76.7 cm³/mol. The Bertz CT molecular complexity index is 736. The number of carbonyl (C=O) groups is 2. The molecule has 0 saturated heterocycles. The SMILES string of the molecule is O=C1/C=C/C(=O)c2ccccc2C#Cc2ccccc21. The highest BCUT2D eigenvalue weighted by Crippen LogP contribution is 2.14. The van der Waals surface area contributed by atoms with Crippen LogP contribution in [0, 0.1) is 11.8 Å². The Hall–Kier alpha value is -2.92. The molecule has 0 bridgehead atoms. The fourth-order valence-corrected chi connectivity index (χ4v) is 2.08. The van der Waals surface area contributed by atoms with Crippen LogP contribution in [0.3, 0.4) is 0 Å². The predicted octanol–water partition coefficient (Wildman–Crippen LogP) is 3.02. The molecule has 2 heteroatoms. The fourth-order valence-electron chi connectivity index (χ4n) is 2.08. The van der Waals surface area contributed by atoms with Crippen molar-refractivity contribution < 1.29 is 9.59 Å². The van der Waals surface area contributed by atoms with Gasteiger partial charge in [-0.15, -0.1) is 0 Å². The lowest BCUT2D eigenvalue weighted by Crippen LogP contribution is -2.03. The molecule has 1 aliphatic carbocycles. The van der Waals surface area contributed by atoms with Crippen molar-refractivity contribution in [1.29, 1.82) is 0 Å². The smallest absolute Gasteiger partial charge is 0.187 e. The maximum atomic E-state index is 12.1. The van der Waals surface area contributed by atoms with Crippen LogP contribution in [0.25, 0.3) is 0 Å². The molecule has 2 aromatic carbocycles. The summed E-state index contributed by atoms with van der Waals surface area (Å²) in [6.07, 6.45) is 2.62. The van der Waals surface area contributed by atoms with Gasteiger partial charge >= 0.3 is 0 Å². The molecule has 94 valence electrons. The maximum absolute atomic E-state index is 12.1. The number of ketones is 2. The molecule has 0 aliphatic heterocycles. The Morgan fingerprint density at radius 1 is 0.600 bits per heavy atom. The van der Waals surface area contributed by atoms with E-state index in [0.717, 1.165) is 0 Å². The lowest BCUT2D eigenvalue weighted by Gasteiger charge is -2.03. The van der Waals surface area contributed by atoms with Crippen LogP contribution in [0.15, 0.2) is 60.7 Å². The van der Waals surface area contributed by atoms with E-state index < -0.39 is 0 Å². The van der Waals surface area contributed by atoms with E-state index in [-0.39, 0.29) is 11.6 Å². The molecule has 2 aromatic rings. The van der Waals surface area contributed by atoms with Gasteiger partial charge in [-0.2, -0.15) is 0 Å². The van der Waals surface area contributed by atoms with Gasteiger partial charge in [0.15, 0.2) is 11.6 Å². The molecule has 0 saturated carbocycles. The molecule has 0 heterocycles. The van der Waals surface area contributed by atoms with Crippen molar-refractivity contribution >= 4 is 11.6 Å². The number of allylic oxidation sites excluding steroid dienone is 2. The van der Waals surface area contributed by atoms with Crippen molar-refractivity contribution in [3.8, 4) is 11.8 Å². The Kier molecular flexibility index (Phi) is 3.02. The summed E-state index contributed by atoms with van der Waals surface area (Å²) in [7, 11) is 0. The van der Waals surface area contributed by atoms with E-state index in [9.17, 15) is 9.59 Å². The van der Waals surface area contributed by atoms with Crippen molar-refractivity contribution in [3.63, 3.8) is 0 Å². The zero-order valence-corrected chi connectivity index (χ0v) is 10.6. The number of rotatable bonds is 0. The van der Waals surface area contributed by atoms with Crippen LogP contribution < -0.4 is 0 Å². The van der Waals surface area contributed by atoms with E-state index in [0.29, 0.717) is 22.3 Å². The van der Waals surface area contributed by atoms with E-state index in [4.69, 9.17) is 0 Å². The first kappa shape index (κ1) is 12.1. The zero-order valence-electron chi connectivity index (χ0n) is 10.6. The first-order valence-electron chi connectivity index (χ1n) is 6.22. The third-order valence-corrected chi connectivity index (χ3v) is 3.10. The monoisotopic (exact) mass is 258 g/mol. The van der Waals surface area contributed by atoms with Crippen LogP contribution >= 0.6 is 0 Å². The minimum atomic E-state index is -0.206. The van der Waals surface area contributed by atoms with Gasteiger partial charge < -0.3 is 0 Å². The first-order valence-corrected chi connectivity index (χ1v) is 6.22. The normalized spacial score (nSPS) is 14.6. The van der Waals surface area contributed by atoms with Crippen molar-refractivity contribution in [2.24, 2.45) is 0 Å². The summed E-state index contributed by atoms with van der Waals surface area (Å²) < 4.78 is 0. The van der Waals surface area contributed by atoms with Crippen LogP contribution in [0.2, 0.25) is 0 Å². The number of fused-ring (bicyclic) bond motifs is 2. The lowest BCUT2D eigenvalue weighted by molar-refractivity contribution is 0.102. The molecule has 0 N–H and O–H groups in total. The minimum Gasteiger partial charge on any atom is -0.289 e. The van der Waals surface area contributed by atoms with Crippen molar-refractivity contribution in [2.75, 3.05) is 0 Å². The molecule has 1 aliphatic rings. The average molecular weight is 258 g/mol. The summed E-state index contributed by atoms with van der Waals surface area (Å²) in [4.78, 5) is 24.1. The molecular formula is C18H10O2. The van der Waals surface area contributed by atoms with Crippen molar-refractivity contribution in [3.05, 3.63) is 82.9 Å². The summed E-state index contributed by atoms with van der Waals surface area (Å²) >= 11 is 0. The highest BCUT2D eigenvalue weighted by molar-refractivity contribution is 6.13. The van der Waals surface area contributed by atoms with E-state index in [1.165, 1.54) is 12.2 Å². The van der Waals surface area contributed by atoms with E-state index >= 15 is 0 Å². The highest BCUT2D eigenvalue weighted by Gasteiger charge is 2.11. The number of carbonyl (C=O) groups excluding carboxylic acids is 2. The molecule has 0 spiro atoms. The second kappa shape index (κ2) is 4.99. The van der Waals surface area contributed by atoms with Crippen LogP contribution in [0.4, 0.5) is 0 Å². The van der Waals surface area contributed by atoms with Gasteiger partial charge in [0.1, 0.15) is 0 Å². The molecule has 0 unspecified atom stereocenters. The number of hydrogen-bond donors (Lipinski definition) is 0. The van der Waals surface area contributed by atoms with Crippen LogP contribution in [-0.4, -0.2) is 11.6 Å². The zero-order chi connectivity index (χ0) is 13.9. The Morgan fingerprint density at radius 3 is 1.45 bits per heavy atom. The first-order chi connectivity index (χ1) is 9.75. The number of hydrogen-bond acceptors (Lipinski definition) is 2. The fraction of sp³-hybridized carbons (Fsp3) is 0. The third-order valence-electron chi connectivity index (χ3n) is 3.10. The van der Waals surface area contributed by atoms with E-state index in [2.05, 4.69) is 11.8 Å². The van der Waals surface area contributed by atoms with Gasteiger partial charge in [0.05, 0.1) is 0 Å². The second-order valence-electron chi connectivity index (χ2n) is 4.40. The molecule has 20 heavy (non-hydrogen) atoms. The quantitative estimate of drug-likeness (QED) is 0.681. The molecular weight excluding hydrogens is 248 g/mol. The van der Waals surface area contributed by atoms with Crippen LogP contribution in [0.5, 0.6) is 0 Å². The molecule has 0 fully saturated rings. The van der Waals surface area contributed by atoms with Gasteiger partial charge in [-0.05, 0) is 36.4 Å². The summed E-state index contributed by atoms with van der Waals surface area (Å²) in [5.41, 5.74) is 2.38. The lowest BCUT2D eigenvalue weighted by atomic mass is 9.98. The van der Waals surface area contributed by atoms with Crippen LogP contribution in [-0.2, 0) is 0 Å². The van der Waals surface area contributed by atoms with Gasteiger partial charge in [0.2, 0.25) is 0 Å². The van der Waals surface area contributed by atoms with Gasteiger partial charge in [0.25, 0.3) is 0 Å². The van der Waals surface area contributed by atoms with E-state index in [1.807, 2.05) is 12.1 Å². The summed E-state index contributed by atoms with van der Waals surface area (Å²) in [5, 5.41) is 0. The maximum Gasteiger partial charge on any atom is 0.187 e. The second-order valence-corrected chi connectivity index (χ2v) is 4.40. The third kappa shape index (κ3) is 2.17. The Balaban J connectivity index is 2.26.